The van der Waals surface area contributed by atoms with Crippen LogP contribution in [0.5, 0.6) is 46.0 Å². The number of hydrogen-bond donors (Lipinski definition) is 0. The molecular formula is C48H52O8. The van der Waals surface area contributed by atoms with Gasteiger partial charge < -0.3 is 37.9 Å². The van der Waals surface area contributed by atoms with Crippen LogP contribution in [0.15, 0.2) is 97.1 Å². The summed E-state index contributed by atoms with van der Waals surface area (Å²) < 4.78 is 44.3. The second kappa shape index (κ2) is 18.4. The Morgan fingerprint density at radius 2 is 0.393 bits per heavy atom. The molecular weight excluding hydrogens is 705 g/mol. The summed E-state index contributed by atoms with van der Waals surface area (Å²) in [5, 5.41) is 0. The summed E-state index contributed by atoms with van der Waals surface area (Å²) in [5.41, 5.74) is 12.3. The van der Waals surface area contributed by atoms with E-state index in [9.17, 15) is 0 Å². The van der Waals surface area contributed by atoms with Gasteiger partial charge in [0.25, 0.3) is 0 Å². The van der Waals surface area contributed by atoms with E-state index in [4.69, 9.17) is 37.9 Å². The standard InChI is InChI=1S/2C24H26O4/c2*1-15-11-23(27-5)19(13-21(15)25-3)17-7-9-18(10-8-17)20-14-22(26-4)16(2)12-24(20)28-6/h2*7-14H,1-6H3. The smallest absolute Gasteiger partial charge is 0.127 e. The fourth-order valence-corrected chi connectivity index (χ4v) is 6.76. The van der Waals surface area contributed by atoms with Crippen LogP contribution in [0.25, 0.3) is 44.5 Å². The second-order valence-corrected chi connectivity index (χ2v) is 13.2. The predicted octanol–water partition coefficient (Wildman–Crippen LogP) is 11.3. The number of aryl methyl sites for hydroxylation is 4. The molecule has 0 radical (unpaired) electrons. The molecule has 0 N–H and O–H groups in total. The monoisotopic (exact) mass is 756 g/mol. The molecule has 0 aliphatic rings. The molecule has 6 rings (SSSR count). The van der Waals surface area contributed by atoms with Gasteiger partial charge in [-0.3, -0.25) is 0 Å². The van der Waals surface area contributed by atoms with E-state index in [1.165, 1.54) is 0 Å². The third-order valence-electron chi connectivity index (χ3n) is 9.88. The van der Waals surface area contributed by atoms with Gasteiger partial charge in [-0.2, -0.15) is 0 Å². The first kappa shape index (κ1) is 40.9. The molecule has 0 unspecified atom stereocenters. The van der Waals surface area contributed by atoms with Crippen LogP contribution in [0.2, 0.25) is 0 Å². The van der Waals surface area contributed by atoms with Crippen molar-refractivity contribution in [3.05, 3.63) is 119 Å². The van der Waals surface area contributed by atoms with Gasteiger partial charge in [-0.1, -0.05) is 48.5 Å². The van der Waals surface area contributed by atoms with Crippen molar-refractivity contribution in [3.8, 4) is 90.5 Å². The lowest BCUT2D eigenvalue weighted by Gasteiger charge is -2.15. The van der Waals surface area contributed by atoms with Crippen LogP contribution in [0.3, 0.4) is 0 Å². The van der Waals surface area contributed by atoms with Gasteiger partial charge >= 0.3 is 0 Å². The van der Waals surface area contributed by atoms with E-state index in [1.807, 2.05) is 76.2 Å². The number of benzene rings is 6. The highest BCUT2D eigenvalue weighted by atomic mass is 16.5. The zero-order valence-corrected chi connectivity index (χ0v) is 34.5. The first-order valence-electron chi connectivity index (χ1n) is 18.2. The number of methoxy groups -OCH3 is 8. The van der Waals surface area contributed by atoms with E-state index in [-0.39, 0.29) is 0 Å². The molecule has 8 heteroatoms. The van der Waals surface area contributed by atoms with Crippen LogP contribution < -0.4 is 37.9 Å². The van der Waals surface area contributed by atoms with Crippen molar-refractivity contribution >= 4 is 0 Å². The van der Waals surface area contributed by atoms with E-state index >= 15 is 0 Å². The Hall–Kier alpha value is -6.28. The predicted molar refractivity (Wildman–Crippen MR) is 226 cm³/mol. The molecule has 292 valence electrons. The Bertz CT molecular complexity index is 1950. The molecule has 0 aliphatic carbocycles. The summed E-state index contributed by atoms with van der Waals surface area (Å²) in [7, 11) is 13.4. The molecule has 0 spiro atoms. The number of ether oxygens (including phenoxy) is 8. The highest BCUT2D eigenvalue weighted by molar-refractivity contribution is 5.80. The van der Waals surface area contributed by atoms with Gasteiger partial charge in [-0.25, -0.2) is 0 Å². The topological polar surface area (TPSA) is 73.8 Å². The molecule has 0 atom stereocenters. The largest absolute Gasteiger partial charge is 0.496 e. The van der Waals surface area contributed by atoms with Crippen LogP contribution in [0.4, 0.5) is 0 Å². The van der Waals surface area contributed by atoms with E-state index in [0.29, 0.717) is 0 Å². The minimum Gasteiger partial charge on any atom is -0.496 e. The SMILES string of the molecule is COc1cc(-c2ccc(-c3cc(OC)c(C)cc3OC)cc2)c(OC)cc1C.COc1cc(-c2ccc(-c3cc(OC)c(C)cc3OC)cc2)c(OC)cc1C. The van der Waals surface area contributed by atoms with E-state index < -0.39 is 0 Å². The van der Waals surface area contributed by atoms with Gasteiger partial charge in [-0.15, -0.1) is 0 Å². The lowest BCUT2D eigenvalue weighted by Crippen LogP contribution is -1.94. The molecule has 0 saturated carbocycles. The normalized spacial score (nSPS) is 10.5. The van der Waals surface area contributed by atoms with E-state index in [1.54, 1.807) is 56.9 Å². The quantitative estimate of drug-likeness (QED) is 0.122. The zero-order chi connectivity index (χ0) is 40.5. The molecule has 0 aromatic heterocycles. The third kappa shape index (κ3) is 8.65. The Morgan fingerprint density at radius 1 is 0.232 bits per heavy atom. The van der Waals surface area contributed by atoms with Crippen LogP contribution >= 0.6 is 0 Å². The van der Waals surface area contributed by atoms with Crippen LogP contribution in [0, 0.1) is 27.7 Å². The lowest BCUT2D eigenvalue weighted by atomic mass is 9.97. The first-order chi connectivity index (χ1) is 27.0. The molecule has 8 nitrogen and oxygen atoms in total. The van der Waals surface area contributed by atoms with Crippen molar-refractivity contribution in [2.75, 3.05) is 56.9 Å². The maximum Gasteiger partial charge on any atom is 0.127 e. The minimum atomic E-state index is 0.820. The number of hydrogen-bond acceptors (Lipinski definition) is 8. The van der Waals surface area contributed by atoms with Crippen molar-refractivity contribution in [3.63, 3.8) is 0 Å². The van der Waals surface area contributed by atoms with Gasteiger partial charge in [0.05, 0.1) is 56.9 Å². The van der Waals surface area contributed by atoms with Crippen molar-refractivity contribution in [1.29, 1.82) is 0 Å². The maximum absolute atomic E-state index is 5.58. The van der Waals surface area contributed by atoms with E-state index in [2.05, 4.69) is 48.5 Å². The molecule has 0 bridgehead atoms. The van der Waals surface area contributed by atoms with Crippen molar-refractivity contribution in [2.24, 2.45) is 0 Å². The Kier molecular flexibility index (Phi) is 13.4. The summed E-state index contributed by atoms with van der Waals surface area (Å²) in [6.07, 6.45) is 0. The Balaban J connectivity index is 0.000000214. The summed E-state index contributed by atoms with van der Waals surface area (Å²) in [6, 6.07) is 32.7. The summed E-state index contributed by atoms with van der Waals surface area (Å²) in [4.78, 5) is 0. The van der Waals surface area contributed by atoms with Gasteiger partial charge in [-0.05, 0) is 121 Å². The number of rotatable bonds is 12. The van der Waals surface area contributed by atoms with Crippen molar-refractivity contribution in [2.45, 2.75) is 27.7 Å². The molecule has 6 aromatic carbocycles. The van der Waals surface area contributed by atoms with Crippen molar-refractivity contribution < 1.29 is 37.9 Å². The fraction of sp³-hybridized carbons (Fsp3) is 0.250. The lowest BCUT2D eigenvalue weighted by molar-refractivity contribution is 0.401. The Morgan fingerprint density at radius 3 is 0.536 bits per heavy atom. The molecule has 0 aliphatic heterocycles. The van der Waals surface area contributed by atoms with Crippen molar-refractivity contribution in [1.82, 2.24) is 0 Å². The molecule has 6 aromatic rings. The van der Waals surface area contributed by atoms with Gasteiger partial charge in [0.1, 0.15) is 46.0 Å². The Labute approximate surface area is 331 Å². The average Bonchev–Trinajstić information content (AvgIpc) is 3.23. The highest BCUT2D eigenvalue weighted by Gasteiger charge is 2.16. The van der Waals surface area contributed by atoms with Gasteiger partial charge in [0.15, 0.2) is 0 Å². The molecule has 56 heavy (non-hydrogen) atoms. The average molecular weight is 757 g/mol. The highest BCUT2D eigenvalue weighted by Crippen LogP contribution is 2.41. The van der Waals surface area contributed by atoms with E-state index in [0.717, 1.165) is 113 Å². The summed E-state index contributed by atoms with van der Waals surface area (Å²) >= 11 is 0. The van der Waals surface area contributed by atoms with Gasteiger partial charge in [0, 0.05) is 22.3 Å². The first-order valence-corrected chi connectivity index (χ1v) is 18.2. The zero-order valence-electron chi connectivity index (χ0n) is 34.5. The maximum atomic E-state index is 5.58. The van der Waals surface area contributed by atoms with Crippen LogP contribution in [-0.2, 0) is 0 Å². The van der Waals surface area contributed by atoms with Gasteiger partial charge in [0.2, 0.25) is 0 Å². The summed E-state index contributed by atoms with van der Waals surface area (Å²) in [5.74, 6) is 6.63. The minimum absolute atomic E-state index is 0.820. The molecule has 0 heterocycles. The third-order valence-corrected chi connectivity index (χ3v) is 9.88. The fourth-order valence-electron chi connectivity index (χ4n) is 6.76. The van der Waals surface area contributed by atoms with Crippen LogP contribution in [-0.4, -0.2) is 56.9 Å². The molecule has 0 saturated heterocycles. The molecule has 0 fully saturated rings. The second-order valence-electron chi connectivity index (χ2n) is 13.2. The van der Waals surface area contributed by atoms with Crippen LogP contribution in [0.1, 0.15) is 22.3 Å². The molecule has 0 amide bonds. The summed E-state index contributed by atoms with van der Waals surface area (Å²) in [6.45, 7) is 8.02.